The summed E-state index contributed by atoms with van der Waals surface area (Å²) in [6, 6.07) is 7.35. The van der Waals surface area contributed by atoms with E-state index in [1.54, 1.807) is 19.2 Å². The van der Waals surface area contributed by atoms with Crippen molar-refractivity contribution in [2.75, 3.05) is 13.7 Å². The molecule has 1 heterocycles. The number of halogens is 1. The van der Waals surface area contributed by atoms with Gasteiger partial charge < -0.3 is 9.47 Å². The van der Waals surface area contributed by atoms with Crippen LogP contribution < -0.4 is 0 Å². The van der Waals surface area contributed by atoms with E-state index in [4.69, 9.17) is 26.3 Å². The summed E-state index contributed by atoms with van der Waals surface area (Å²) in [5, 5.41) is 13.9. The summed E-state index contributed by atoms with van der Waals surface area (Å²) in [5.74, 6) is 1.56. The van der Waals surface area contributed by atoms with Gasteiger partial charge in [-0.25, -0.2) is 4.68 Å². The molecule has 0 saturated carbocycles. The van der Waals surface area contributed by atoms with Gasteiger partial charge in [0.2, 0.25) is 0 Å². The largest absolute Gasteiger partial charge is 0.498 e. The van der Waals surface area contributed by atoms with Crippen molar-refractivity contribution in [2.45, 2.75) is 47.5 Å². The molecule has 1 aromatic carbocycles. The number of ether oxygens (including phenoxy) is 2. The smallest absolute Gasteiger partial charge is 0.137 e. The predicted molar refractivity (Wildman–Crippen MR) is 127 cm³/mol. The van der Waals surface area contributed by atoms with Gasteiger partial charge in [-0.1, -0.05) is 49.8 Å². The van der Waals surface area contributed by atoms with E-state index in [1.807, 2.05) is 63.7 Å². The highest BCUT2D eigenvalue weighted by atomic mass is 35.5. The molecule has 166 valence electrons. The van der Waals surface area contributed by atoms with E-state index in [1.165, 1.54) is 0 Å². The first-order chi connectivity index (χ1) is 14.9. The lowest BCUT2D eigenvalue weighted by Crippen LogP contribution is -2.04. The molecule has 31 heavy (non-hydrogen) atoms. The van der Waals surface area contributed by atoms with Crippen LogP contribution in [0.25, 0.3) is 5.69 Å². The summed E-state index contributed by atoms with van der Waals surface area (Å²) in [4.78, 5) is 0. The highest BCUT2D eigenvalue weighted by Gasteiger charge is 2.11. The van der Waals surface area contributed by atoms with Crippen molar-refractivity contribution >= 4 is 11.6 Å². The third kappa shape index (κ3) is 7.66. The molecule has 0 fully saturated rings. The number of rotatable bonds is 9. The number of allylic oxidation sites excluding steroid dienone is 4. The third-order valence-corrected chi connectivity index (χ3v) is 4.79. The Morgan fingerprint density at radius 1 is 1.32 bits per heavy atom. The van der Waals surface area contributed by atoms with Gasteiger partial charge in [0.05, 0.1) is 36.2 Å². The Balaban J connectivity index is 0.00000233. The number of nitrogens with zero attached hydrogens (tertiary/aromatic N) is 3. The van der Waals surface area contributed by atoms with Crippen LogP contribution in [0, 0.1) is 18.3 Å². The molecule has 5 nitrogen and oxygen atoms in total. The molecule has 2 rings (SSSR count). The van der Waals surface area contributed by atoms with Crippen LogP contribution in [0.2, 0.25) is 5.02 Å². The van der Waals surface area contributed by atoms with Crippen LogP contribution >= 0.6 is 11.6 Å². The summed E-state index contributed by atoms with van der Waals surface area (Å²) in [6.07, 6.45) is 7.16. The Bertz CT molecular complexity index is 981. The van der Waals surface area contributed by atoms with Gasteiger partial charge in [-0.2, -0.15) is 10.4 Å². The summed E-state index contributed by atoms with van der Waals surface area (Å²) >= 11 is 6.15. The molecular weight excluding hydrogens is 410 g/mol. The minimum absolute atomic E-state index is 0.414. The summed E-state index contributed by atoms with van der Waals surface area (Å²) in [6.45, 7) is 14.2. The molecule has 0 aliphatic carbocycles. The molecule has 0 unspecified atom stereocenters. The van der Waals surface area contributed by atoms with Gasteiger partial charge >= 0.3 is 0 Å². The average Bonchev–Trinajstić information content (AvgIpc) is 3.13. The van der Waals surface area contributed by atoms with Gasteiger partial charge in [0.25, 0.3) is 0 Å². The topological polar surface area (TPSA) is 60.1 Å². The number of hydrogen-bond donors (Lipinski definition) is 0. The lowest BCUT2D eigenvalue weighted by molar-refractivity contribution is 0.175. The molecule has 0 radical (unpaired) electrons. The van der Waals surface area contributed by atoms with Crippen molar-refractivity contribution in [3.63, 3.8) is 0 Å². The van der Waals surface area contributed by atoms with E-state index < -0.39 is 0 Å². The summed E-state index contributed by atoms with van der Waals surface area (Å²) < 4.78 is 13.1. The number of aromatic nitrogens is 2. The Morgan fingerprint density at radius 3 is 2.61 bits per heavy atom. The second-order valence-electron chi connectivity index (χ2n) is 6.68. The van der Waals surface area contributed by atoms with E-state index in [-0.39, 0.29) is 0 Å². The standard InChI is InChI=1S/C23H26ClN3O2.C2H6/c1-16(2)7-6-8-23(18(4)28-5)29-12-11-20-15-26-27(17(20)3)21-10-9-19(14-25)22(24)13-21;1-2/h6-7,9-10,13,15H,1,8,11-12H2,2-5H3;1-2H3/b7-6-,23-18-;. The fourth-order valence-corrected chi connectivity index (χ4v) is 2.96. The third-order valence-electron chi connectivity index (χ3n) is 4.48. The predicted octanol–water partition coefficient (Wildman–Crippen LogP) is 6.69. The lowest BCUT2D eigenvalue weighted by Gasteiger charge is -2.12. The molecule has 0 saturated heterocycles. The molecule has 0 amide bonds. The maximum atomic E-state index is 9.03. The van der Waals surface area contributed by atoms with E-state index in [0.29, 0.717) is 30.0 Å². The SMILES string of the molecule is C=C(C)/C=C\C/C(OCCc1cnn(-c2ccc(C#N)c(Cl)c2)c1C)=C(\C)OC.CC. The Hall–Kier alpha value is -2.97. The highest BCUT2D eigenvalue weighted by Crippen LogP contribution is 2.22. The minimum Gasteiger partial charge on any atom is -0.498 e. The average molecular weight is 442 g/mol. The van der Waals surface area contributed by atoms with E-state index in [0.717, 1.165) is 34.0 Å². The monoisotopic (exact) mass is 441 g/mol. The van der Waals surface area contributed by atoms with Gasteiger partial charge in [-0.05, 0) is 44.5 Å². The van der Waals surface area contributed by atoms with Crippen LogP contribution in [0.5, 0.6) is 0 Å². The first-order valence-electron chi connectivity index (χ1n) is 10.3. The normalized spacial score (nSPS) is 11.3. The zero-order valence-corrected chi connectivity index (χ0v) is 20.1. The van der Waals surface area contributed by atoms with Crippen LogP contribution in [-0.4, -0.2) is 23.5 Å². The first-order valence-corrected chi connectivity index (χ1v) is 10.7. The van der Waals surface area contributed by atoms with E-state index in [2.05, 4.69) is 17.7 Å². The summed E-state index contributed by atoms with van der Waals surface area (Å²) in [7, 11) is 1.64. The van der Waals surface area contributed by atoms with Crippen LogP contribution in [-0.2, 0) is 15.9 Å². The van der Waals surface area contributed by atoms with Gasteiger partial charge in [-0.15, -0.1) is 0 Å². The van der Waals surface area contributed by atoms with Crippen molar-refractivity contribution in [2.24, 2.45) is 0 Å². The zero-order chi connectivity index (χ0) is 23.4. The molecule has 2 aromatic rings. The van der Waals surface area contributed by atoms with Crippen molar-refractivity contribution in [3.05, 3.63) is 82.1 Å². The molecular formula is C25H32ClN3O2. The second-order valence-corrected chi connectivity index (χ2v) is 7.08. The van der Waals surface area contributed by atoms with Crippen molar-refractivity contribution in [1.82, 2.24) is 9.78 Å². The molecule has 0 N–H and O–H groups in total. The maximum absolute atomic E-state index is 9.03. The zero-order valence-electron chi connectivity index (χ0n) is 19.3. The molecule has 0 aliphatic heterocycles. The number of hydrogen-bond acceptors (Lipinski definition) is 4. The fourth-order valence-electron chi connectivity index (χ4n) is 2.75. The quantitative estimate of drug-likeness (QED) is 0.321. The lowest BCUT2D eigenvalue weighted by atomic mass is 10.2. The van der Waals surface area contributed by atoms with Crippen LogP contribution in [0.15, 0.2) is 60.2 Å². The second kappa shape index (κ2) is 13.4. The highest BCUT2D eigenvalue weighted by molar-refractivity contribution is 6.31. The number of nitriles is 1. The number of methoxy groups -OCH3 is 1. The molecule has 0 bridgehead atoms. The maximum Gasteiger partial charge on any atom is 0.137 e. The van der Waals surface area contributed by atoms with Crippen LogP contribution in [0.3, 0.4) is 0 Å². The Labute approximate surface area is 191 Å². The van der Waals surface area contributed by atoms with Gasteiger partial charge in [0.1, 0.15) is 17.6 Å². The summed E-state index contributed by atoms with van der Waals surface area (Å²) in [5.41, 5.74) is 4.34. The molecule has 1 aromatic heterocycles. The van der Waals surface area contributed by atoms with Crippen LogP contribution in [0.4, 0.5) is 0 Å². The van der Waals surface area contributed by atoms with Crippen molar-refractivity contribution in [3.8, 4) is 11.8 Å². The minimum atomic E-state index is 0.414. The molecule has 0 aliphatic rings. The van der Waals surface area contributed by atoms with Crippen molar-refractivity contribution in [1.29, 1.82) is 5.26 Å². The van der Waals surface area contributed by atoms with Gasteiger partial charge in [-0.3, -0.25) is 0 Å². The Morgan fingerprint density at radius 2 is 2.03 bits per heavy atom. The molecule has 0 atom stereocenters. The van der Waals surface area contributed by atoms with Crippen LogP contribution in [0.1, 0.15) is 50.9 Å². The van der Waals surface area contributed by atoms with Crippen molar-refractivity contribution < 1.29 is 9.47 Å². The molecule has 6 heteroatoms. The van der Waals surface area contributed by atoms with Gasteiger partial charge in [0.15, 0.2) is 0 Å². The van der Waals surface area contributed by atoms with E-state index in [9.17, 15) is 0 Å². The van der Waals surface area contributed by atoms with E-state index >= 15 is 0 Å². The number of benzene rings is 1. The molecule has 0 spiro atoms. The first kappa shape index (κ1) is 26.1. The van der Waals surface area contributed by atoms with Gasteiger partial charge in [0, 0.05) is 18.5 Å². The Kier molecular flexibility index (Phi) is 11.2. The fraction of sp³-hybridized carbons (Fsp3) is 0.360.